The van der Waals surface area contributed by atoms with Gasteiger partial charge in [0.25, 0.3) is 5.56 Å². The van der Waals surface area contributed by atoms with Crippen LogP contribution in [0.5, 0.6) is 0 Å². The van der Waals surface area contributed by atoms with Gasteiger partial charge in [0.2, 0.25) is 0 Å². The van der Waals surface area contributed by atoms with Crippen LogP contribution in [-0.4, -0.2) is 10.4 Å². The molecule has 0 fully saturated rings. The maximum Gasteiger partial charge on any atom is 0.256 e. The van der Waals surface area contributed by atoms with Gasteiger partial charge in [-0.1, -0.05) is 18.2 Å². The van der Waals surface area contributed by atoms with Gasteiger partial charge in [-0.25, -0.2) is 0 Å². The molecule has 0 saturated heterocycles. The molecule has 1 aromatic carbocycles. The molecule has 1 unspecified atom stereocenters. The molecule has 1 aromatic heterocycles. The van der Waals surface area contributed by atoms with Crippen molar-refractivity contribution in [1.82, 2.24) is 4.98 Å². The second-order valence-corrected chi connectivity index (χ2v) is 4.76. The van der Waals surface area contributed by atoms with Crippen molar-refractivity contribution in [3.05, 3.63) is 52.0 Å². The predicted octanol–water partition coefficient (Wildman–Crippen LogP) is 1.99. The zero-order valence-corrected chi connectivity index (χ0v) is 9.79. The Morgan fingerprint density at radius 1 is 1.29 bits per heavy atom. The van der Waals surface area contributed by atoms with E-state index in [1.807, 2.05) is 24.3 Å². The summed E-state index contributed by atoms with van der Waals surface area (Å²) in [5.41, 5.74) is 8.09. The summed E-state index contributed by atoms with van der Waals surface area (Å²) in [7, 11) is 0. The lowest BCUT2D eigenvalue weighted by Gasteiger charge is -2.19. The van der Waals surface area contributed by atoms with E-state index in [2.05, 4.69) is 4.98 Å². The first-order chi connectivity index (χ1) is 8.16. The van der Waals surface area contributed by atoms with Gasteiger partial charge in [0.1, 0.15) is 0 Å². The number of hydrogen-bond acceptors (Lipinski definition) is 2. The van der Waals surface area contributed by atoms with Crippen LogP contribution in [0.3, 0.4) is 0 Å². The fourth-order valence-corrected chi connectivity index (χ4v) is 2.62. The smallest absolute Gasteiger partial charge is 0.256 e. The van der Waals surface area contributed by atoms with Gasteiger partial charge in [-0.2, -0.15) is 0 Å². The normalized spacial score (nSPS) is 18.9. The average Bonchev–Trinajstić information content (AvgIpc) is 2.31. The van der Waals surface area contributed by atoms with Crippen molar-refractivity contribution in [2.24, 2.45) is 5.73 Å². The number of pyridine rings is 1. The maximum absolute atomic E-state index is 11.9. The highest BCUT2D eigenvalue weighted by Crippen LogP contribution is 2.28. The lowest BCUT2D eigenvalue weighted by Crippen LogP contribution is -2.21. The predicted molar refractivity (Wildman–Crippen MR) is 70.1 cm³/mol. The molecule has 3 rings (SSSR count). The van der Waals surface area contributed by atoms with Gasteiger partial charge >= 0.3 is 0 Å². The van der Waals surface area contributed by atoms with Crippen LogP contribution in [0.2, 0.25) is 0 Å². The van der Waals surface area contributed by atoms with E-state index in [1.165, 1.54) is 0 Å². The molecule has 1 aliphatic carbocycles. The molecule has 17 heavy (non-hydrogen) atoms. The Morgan fingerprint density at radius 3 is 2.76 bits per heavy atom. The van der Waals surface area contributed by atoms with E-state index in [0.29, 0.717) is 23.2 Å². The molecule has 1 heterocycles. The minimum absolute atomic E-state index is 0.108. The fourth-order valence-electron chi connectivity index (χ4n) is 2.33. The first-order valence-corrected chi connectivity index (χ1v) is 5.86. The number of H-pyrrole nitrogens is 1. The zero-order chi connectivity index (χ0) is 12.0. The largest absolute Gasteiger partial charge is 0.397 e. The van der Waals surface area contributed by atoms with Gasteiger partial charge in [-0.3, -0.25) is 4.79 Å². The van der Waals surface area contributed by atoms with Crippen molar-refractivity contribution < 1.29 is 0 Å². The lowest BCUT2D eigenvalue weighted by atomic mass is 9.94. The number of nitrogens with two attached hydrogens (primary N) is 1. The quantitative estimate of drug-likeness (QED) is 0.699. The van der Waals surface area contributed by atoms with Crippen LogP contribution in [0.1, 0.15) is 11.3 Å². The highest BCUT2D eigenvalue weighted by Gasteiger charge is 2.20. The molecule has 1 atom stereocenters. The minimum atomic E-state index is -0.114. The first kappa shape index (κ1) is 10.4. The Bertz CT molecular complexity index is 687. The Kier molecular flexibility index (Phi) is 2.23. The highest BCUT2D eigenvalue weighted by molar-refractivity contribution is 6.22. The van der Waals surface area contributed by atoms with E-state index in [4.69, 9.17) is 17.3 Å². The van der Waals surface area contributed by atoms with Crippen LogP contribution in [0.15, 0.2) is 35.1 Å². The van der Waals surface area contributed by atoms with Crippen molar-refractivity contribution in [1.29, 1.82) is 0 Å². The van der Waals surface area contributed by atoms with Gasteiger partial charge in [0, 0.05) is 5.39 Å². The van der Waals surface area contributed by atoms with Gasteiger partial charge in [0.05, 0.1) is 16.8 Å². The molecular weight excluding hydrogens is 236 g/mol. The molecule has 86 valence electrons. The van der Waals surface area contributed by atoms with Crippen LogP contribution in [0.25, 0.3) is 16.5 Å². The van der Waals surface area contributed by atoms with Crippen molar-refractivity contribution in [3.8, 4) is 0 Å². The number of aromatic nitrogens is 1. The Balaban J connectivity index is 2.45. The molecule has 0 bridgehead atoms. The first-order valence-electron chi connectivity index (χ1n) is 5.42. The second-order valence-electron chi connectivity index (χ2n) is 4.20. The summed E-state index contributed by atoms with van der Waals surface area (Å²) in [5, 5.41) is 1.51. The van der Waals surface area contributed by atoms with E-state index in [1.54, 1.807) is 6.08 Å². The van der Waals surface area contributed by atoms with Crippen molar-refractivity contribution >= 4 is 28.1 Å². The van der Waals surface area contributed by atoms with E-state index in [9.17, 15) is 4.79 Å². The minimum Gasteiger partial charge on any atom is -0.397 e. The van der Waals surface area contributed by atoms with E-state index < -0.39 is 0 Å². The number of benzene rings is 1. The zero-order valence-electron chi connectivity index (χ0n) is 9.03. The van der Waals surface area contributed by atoms with Crippen molar-refractivity contribution in [2.45, 2.75) is 11.8 Å². The summed E-state index contributed by atoms with van der Waals surface area (Å²) < 4.78 is 0. The summed E-state index contributed by atoms with van der Waals surface area (Å²) in [6, 6.07) is 7.52. The maximum atomic E-state index is 11.9. The van der Waals surface area contributed by atoms with Crippen LogP contribution in [-0.2, 0) is 6.42 Å². The number of aromatic amines is 1. The number of alkyl halides is 1. The lowest BCUT2D eigenvalue weighted by molar-refractivity contribution is 0.963. The van der Waals surface area contributed by atoms with Crippen LogP contribution in [0, 0.1) is 0 Å². The van der Waals surface area contributed by atoms with Crippen LogP contribution >= 0.6 is 11.6 Å². The van der Waals surface area contributed by atoms with Crippen molar-refractivity contribution in [2.75, 3.05) is 0 Å². The molecule has 1 aliphatic rings. The summed E-state index contributed by atoms with van der Waals surface area (Å²) in [5.74, 6) is 0. The molecule has 3 nitrogen and oxygen atoms in total. The van der Waals surface area contributed by atoms with Gasteiger partial charge in [-0.05, 0) is 29.5 Å². The van der Waals surface area contributed by atoms with Crippen molar-refractivity contribution in [3.63, 3.8) is 0 Å². The molecule has 3 N–H and O–H groups in total. The standard InChI is InChI=1S/C13H11ClN2O/c14-7-5-10-8-3-1-2-4-9(8)13(17)16-12(10)11(15)6-7/h1-4,6-7H,5,15H2,(H,16,17). The molecule has 0 aliphatic heterocycles. The Hall–Kier alpha value is -1.74. The average molecular weight is 247 g/mol. The number of allylic oxidation sites excluding steroid dienone is 1. The summed E-state index contributed by atoms with van der Waals surface area (Å²) in [6.07, 6.45) is 2.46. The Morgan fingerprint density at radius 2 is 2.00 bits per heavy atom. The third-order valence-electron chi connectivity index (χ3n) is 3.09. The summed E-state index contributed by atoms with van der Waals surface area (Å²) in [6.45, 7) is 0. The number of nitrogens with one attached hydrogen (secondary N) is 1. The van der Waals surface area contributed by atoms with Gasteiger partial charge in [0.15, 0.2) is 0 Å². The molecule has 4 heteroatoms. The molecule has 0 radical (unpaired) electrons. The van der Waals surface area contributed by atoms with E-state index in [-0.39, 0.29) is 10.9 Å². The van der Waals surface area contributed by atoms with Gasteiger partial charge < -0.3 is 10.7 Å². The number of rotatable bonds is 0. The molecule has 0 spiro atoms. The number of fused-ring (bicyclic) bond motifs is 3. The molecule has 0 amide bonds. The highest BCUT2D eigenvalue weighted by atomic mass is 35.5. The molecule has 0 saturated carbocycles. The Labute approximate surface area is 103 Å². The fraction of sp³-hybridized carbons (Fsp3) is 0.154. The number of hydrogen-bond donors (Lipinski definition) is 2. The molecular formula is C13H11ClN2O. The van der Waals surface area contributed by atoms with Crippen LogP contribution in [0.4, 0.5) is 0 Å². The third kappa shape index (κ3) is 1.54. The summed E-state index contributed by atoms with van der Waals surface area (Å²) in [4.78, 5) is 14.7. The topological polar surface area (TPSA) is 58.9 Å². The number of halogens is 1. The summed E-state index contributed by atoms with van der Waals surface area (Å²) >= 11 is 6.13. The third-order valence-corrected chi connectivity index (χ3v) is 3.37. The molecule has 2 aromatic rings. The van der Waals surface area contributed by atoms with E-state index >= 15 is 0 Å². The van der Waals surface area contributed by atoms with Crippen LogP contribution < -0.4 is 11.3 Å². The monoisotopic (exact) mass is 246 g/mol. The SMILES string of the molecule is NC1=CC(Cl)Cc2c1[nH]c(=O)c1ccccc21. The van der Waals surface area contributed by atoms with E-state index in [0.717, 1.165) is 10.9 Å². The van der Waals surface area contributed by atoms with Gasteiger partial charge in [-0.15, -0.1) is 11.6 Å². The second kappa shape index (κ2) is 3.64.